The highest BCUT2D eigenvalue weighted by atomic mass is 32.2. The maximum Gasteiger partial charge on any atom is 0.409 e. The van der Waals surface area contributed by atoms with Crippen molar-refractivity contribution in [3.05, 3.63) is 18.2 Å². The van der Waals surface area contributed by atoms with Gasteiger partial charge in [-0.3, -0.25) is 4.79 Å². The lowest BCUT2D eigenvalue weighted by Crippen LogP contribution is -2.50. The predicted molar refractivity (Wildman–Crippen MR) is 87.9 cm³/mol. The van der Waals surface area contributed by atoms with Crippen LogP contribution < -0.4 is 10.1 Å². The Morgan fingerprint density at radius 2 is 1.96 bits per heavy atom. The lowest BCUT2D eigenvalue weighted by molar-refractivity contribution is -0.116. The summed E-state index contributed by atoms with van der Waals surface area (Å²) in [5.74, 6) is 0.223. The number of methoxy groups -OCH3 is 1. The molecular weight excluding hydrogens is 350 g/mol. The van der Waals surface area contributed by atoms with E-state index in [2.05, 4.69) is 10.1 Å². The van der Waals surface area contributed by atoms with Gasteiger partial charge in [-0.15, -0.1) is 0 Å². The number of hydrogen-bond donors (Lipinski definition) is 1. The van der Waals surface area contributed by atoms with Gasteiger partial charge in [-0.05, 0) is 18.2 Å². The topological polar surface area (TPSA) is 105 Å². The van der Waals surface area contributed by atoms with E-state index in [1.165, 1.54) is 28.4 Å². The van der Waals surface area contributed by atoms with E-state index < -0.39 is 16.1 Å². The molecule has 0 spiro atoms. The smallest absolute Gasteiger partial charge is 0.409 e. The number of fused-ring (bicyclic) bond motifs is 1. The number of sulfonamides is 1. The van der Waals surface area contributed by atoms with Crippen LogP contribution >= 0.6 is 0 Å². The largest absolute Gasteiger partial charge is 0.491 e. The first-order chi connectivity index (χ1) is 11.9. The minimum absolute atomic E-state index is 0.0727. The highest BCUT2D eigenvalue weighted by Crippen LogP contribution is 2.31. The van der Waals surface area contributed by atoms with Gasteiger partial charge in [0, 0.05) is 26.2 Å². The predicted octanol–water partition coefficient (Wildman–Crippen LogP) is 0.480. The summed E-state index contributed by atoms with van der Waals surface area (Å²) in [6.45, 7) is 1.13. The molecule has 0 radical (unpaired) electrons. The Hall–Kier alpha value is -2.33. The summed E-state index contributed by atoms with van der Waals surface area (Å²) < 4.78 is 37.0. The summed E-state index contributed by atoms with van der Waals surface area (Å²) in [5, 5.41) is 2.65. The van der Waals surface area contributed by atoms with E-state index in [0.29, 0.717) is 11.4 Å². The normalized spacial score (nSPS) is 18.6. The number of nitrogens with one attached hydrogen (secondary N) is 1. The molecule has 0 saturated carbocycles. The van der Waals surface area contributed by atoms with Gasteiger partial charge in [-0.2, -0.15) is 4.31 Å². The van der Waals surface area contributed by atoms with E-state index in [1.807, 2.05) is 0 Å². The molecule has 25 heavy (non-hydrogen) atoms. The standard InChI is InChI=1S/C15H19N3O6S/c1-23-15(20)17-5-7-18(8-6-17)25(21,22)11-2-3-13-12(10-11)16-14(19)4-9-24-13/h2-3,10H,4-9H2,1H3,(H,16,19). The molecule has 0 aromatic heterocycles. The van der Waals surface area contributed by atoms with Crippen molar-refractivity contribution < 1.29 is 27.5 Å². The Labute approximate surface area is 145 Å². The summed E-state index contributed by atoms with van der Waals surface area (Å²) >= 11 is 0. The van der Waals surface area contributed by atoms with Gasteiger partial charge in [-0.1, -0.05) is 0 Å². The molecule has 2 aliphatic rings. The Kier molecular flexibility index (Phi) is 4.82. The zero-order valence-electron chi connectivity index (χ0n) is 13.7. The van der Waals surface area contributed by atoms with Gasteiger partial charge < -0.3 is 19.7 Å². The molecule has 2 amide bonds. The first-order valence-electron chi connectivity index (χ1n) is 7.81. The first kappa shape index (κ1) is 17.5. The van der Waals surface area contributed by atoms with Gasteiger partial charge >= 0.3 is 6.09 Å². The fourth-order valence-corrected chi connectivity index (χ4v) is 4.20. The van der Waals surface area contributed by atoms with Crippen LogP contribution in [-0.2, 0) is 19.6 Å². The second-order valence-corrected chi connectivity index (χ2v) is 7.60. The molecule has 3 rings (SSSR count). The van der Waals surface area contributed by atoms with Crippen LogP contribution in [0.3, 0.4) is 0 Å². The van der Waals surface area contributed by atoms with Crippen molar-refractivity contribution in [1.29, 1.82) is 0 Å². The Morgan fingerprint density at radius 1 is 1.24 bits per heavy atom. The summed E-state index contributed by atoms with van der Waals surface area (Å²) in [5.41, 5.74) is 0.344. The van der Waals surface area contributed by atoms with Crippen LogP contribution in [0.2, 0.25) is 0 Å². The Bertz CT molecular complexity index is 786. The minimum Gasteiger partial charge on any atom is -0.491 e. The van der Waals surface area contributed by atoms with Crippen molar-refractivity contribution in [2.75, 3.05) is 45.2 Å². The fourth-order valence-electron chi connectivity index (χ4n) is 2.75. The molecule has 10 heteroatoms. The van der Waals surface area contributed by atoms with Crippen LogP contribution in [0.1, 0.15) is 6.42 Å². The summed E-state index contributed by atoms with van der Waals surface area (Å²) in [6.07, 6.45) is -0.256. The average molecular weight is 369 g/mol. The zero-order valence-corrected chi connectivity index (χ0v) is 14.5. The van der Waals surface area contributed by atoms with Crippen LogP contribution in [0.15, 0.2) is 23.1 Å². The molecular formula is C15H19N3O6S. The number of carbonyl (C=O) groups excluding carboxylic acids is 2. The molecule has 136 valence electrons. The maximum absolute atomic E-state index is 12.8. The third-order valence-corrected chi connectivity index (χ3v) is 6.02. The van der Waals surface area contributed by atoms with Crippen molar-refractivity contribution >= 4 is 27.7 Å². The molecule has 0 aliphatic carbocycles. The quantitative estimate of drug-likeness (QED) is 0.813. The SMILES string of the molecule is COC(=O)N1CCN(S(=O)(=O)c2ccc3c(c2)NC(=O)CCO3)CC1. The van der Waals surface area contributed by atoms with Crippen LogP contribution in [0, 0.1) is 0 Å². The number of rotatable bonds is 2. The molecule has 2 heterocycles. The lowest BCUT2D eigenvalue weighted by atomic mass is 10.3. The van der Waals surface area contributed by atoms with Crippen LogP contribution in [0.25, 0.3) is 0 Å². The number of benzene rings is 1. The Morgan fingerprint density at radius 3 is 2.64 bits per heavy atom. The summed E-state index contributed by atoms with van der Waals surface area (Å²) in [4.78, 5) is 24.7. The van der Waals surface area contributed by atoms with Gasteiger partial charge in [0.15, 0.2) is 0 Å². The van der Waals surface area contributed by atoms with Crippen molar-refractivity contribution in [2.24, 2.45) is 0 Å². The van der Waals surface area contributed by atoms with Gasteiger partial charge in [0.1, 0.15) is 5.75 Å². The summed E-state index contributed by atoms with van der Waals surface area (Å²) in [7, 11) is -2.44. The van der Waals surface area contributed by atoms with Crippen molar-refractivity contribution in [1.82, 2.24) is 9.21 Å². The monoisotopic (exact) mass is 369 g/mol. The van der Waals surface area contributed by atoms with Crippen LogP contribution in [0.5, 0.6) is 5.75 Å². The number of nitrogens with zero attached hydrogens (tertiary/aromatic N) is 2. The van der Waals surface area contributed by atoms with E-state index >= 15 is 0 Å². The van der Waals surface area contributed by atoms with E-state index in [1.54, 1.807) is 6.07 Å². The number of amides is 2. The molecule has 1 fully saturated rings. The van der Waals surface area contributed by atoms with E-state index in [-0.39, 0.29) is 50.0 Å². The Balaban J connectivity index is 1.79. The van der Waals surface area contributed by atoms with Gasteiger partial charge in [-0.25, -0.2) is 13.2 Å². The molecule has 9 nitrogen and oxygen atoms in total. The molecule has 1 N–H and O–H groups in total. The molecule has 1 aromatic carbocycles. The van der Waals surface area contributed by atoms with Gasteiger partial charge in [0.25, 0.3) is 0 Å². The lowest BCUT2D eigenvalue weighted by Gasteiger charge is -2.33. The average Bonchev–Trinajstić information content (AvgIpc) is 2.80. The molecule has 0 unspecified atom stereocenters. The number of anilines is 1. The van der Waals surface area contributed by atoms with E-state index in [9.17, 15) is 18.0 Å². The first-order valence-corrected chi connectivity index (χ1v) is 9.25. The molecule has 2 aliphatic heterocycles. The zero-order chi connectivity index (χ0) is 18.0. The highest BCUT2D eigenvalue weighted by Gasteiger charge is 2.31. The second-order valence-electron chi connectivity index (χ2n) is 5.67. The van der Waals surface area contributed by atoms with Crippen molar-refractivity contribution in [2.45, 2.75) is 11.3 Å². The third kappa shape index (κ3) is 3.54. The van der Waals surface area contributed by atoms with Crippen LogP contribution in [-0.4, -0.2) is 69.5 Å². The van der Waals surface area contributed by atoms with E-state index in [0.717, 1.165) is 0 Å². The number of ether oxygens (including phenoxy) is 2. The molecule has 0 atom stereocenters. The highest BCUT2D eigenvalue weighted by molar-refractivity contribution is 7.89. The molecule has 0 bridgehead atoms. The van der Waals surface area contributed by atoms with Crippen LogP contribution in [0.4, 0.5) is 10.5 Å². The number of hydrogen-bond acceptors (Lipinski definition) is 6. The maximum atomic E-state index is 12.8. The minimum atomic E-state index is -3.73. The number of carbonyl (C=O) groups is 2. The van der Waals surface area contributed by atoms with E-state index in [4.69, 9.17) is 4.74 Å². The fraction of sp³-hybridized carbons (Fsp3) is 0.467. The molecule has 1 saturated heterocycles. The number of piperazine rings is 1. The van der Waals surface area contributed by atoms with Crippen molar-refractivity contribution in [3.63, 3.8) is 0 Å². The molecule has 1 aromatic rings. The summed E-state index contributed by atoms with van der Waals surface area (Å²) in [6, 6.07) is 4.40. The van der Waals surface area contributed by atoms with Gasteiger partial charge in [0.2, 0.25) is 15.9 Å². The third-order valence-electron chi connectivity index (χ3n) is 4.12. The second kappa shape index (κ2) is 6.89. The van der Waals surface area contributed by atoms with Crippen molar-refractivity contribution in [3.8, 4) is 5.75 Å². The van der Waals surface area contributed by atoms with Gasteiger partial charge in [0.05, 0.1) is 30.7 Å².